The molecule has 0 saturated carbocycles. The van der Waals surface area contributed by atoms with Gasteiger partial charge < -0.3 is 9.47 Å². The van der Waals surface area contributed by atoms with Crippen molar-refractivity contribution in [2.45, 2.75) is 66.5 Å². The van der Waals surface area contributed by atoms with Gasteiger partial charge in [0.1, 0.15) is 12.1 Å². The Hall–Kier alpha value is -2.95. The van der Waals surface area contributed by atoms with Gasteiger partial charge in [0.05, 0.1) is 12.8 Å². The van der Waals surface area contributed by atoms with Crippen molar-refractivity contribution in [2.75, 3.05) is 7.11 Å². The van der Waals surface area contributed by atoms with Gasteiger partial charge in [-0.25, -0.2) is 4.79 Å². The minimum atomic E-state index is -0.841. The monoisotopic (exact) mass is 451 g/mol. The molecule has 0 N–H and O–H groups in total. The fraction of sp³-hybridized carbons (Fsp3) is 0.464. The molecule has 33 heavy (non-hydrogen) atoms. The van der Waals surface area contributed by atoms with Crippen LogP contribution < -0.4 is 0 Å². The number of methoxy groups -OCH3 is 1. The molecule has 0 bridgehead atoms. The molecule has 0 fully saturated rings. The van der Waals surface area contributed by atoms with Crippen LogP contribution >= 0.6 is 0 Å². The lowest BCUT2D eigenvalue weighted by Crippen LogP contribution is -2.44. The van der Waals surface area contributed by atoms with Gasteiger partial charge in [0.25, 0.3) is 0 Å². The second kappa shape index (κ2) is 11.3. The van der Waals surface area contributed by atoms with Gasteiger partial charge in [-0.2, -0.15) is 0 Å². The largest absolute Gasteiger partial charge is 0.469 e. The predicted octanol–water partition coefficient (Wildman–Crippen LogP) is 5.85. The maximum atomic E-state index is 13.5. The topological polar surface area (TPSA) is 65.0 Å². The number of rotatable bonds is 8. The quantitative estimate of drug-likeness (QED) is 0.373. The molecule has 2 rings (SSSR count). The number of hydrogen-bond acceptors (Lipinski definition) is 5. The molecule has 0 aliphatic carbocycles. The second-order valence-electron chi connectivity index (χ2n) is 10.4. The molecule has 1 atom stereocenters. The number of hydrogen-bond donors (Lipinski definition) is 0. The number of benzene rings is 2. The molecule has 0 heterocycles. The Morgan fingerprint density at radius 3 is 1.67 bits per heavy atom. The zero-order valence-electron chi connectivity index (χ0n) is 20.9. The molecule has 178 valence electrons. The zero-order valence-corrected chi connectivity index (χ0v) is 20.9. The van der Waals surface area contributed by atoms with Gasteiger partial charge in [-0.05, 0) is 17.3 Å². The van der Waals surface area contributed by atoms with E-state index in [-0.39, 0.29) is 35.7 Å². The third-order valence-electron chi connectivity index (χ3n) is 5.31. The fourth-order valence-electron chi connectivity index (χ4n) is 4.10. The summed E-state index contributed by atoms with van der Waals surface area (Å²) < 4.78 is 10.9. The molecule has 2 aromatic rings. The first-order chi connectivity index (χ1) is 15.4. The summed E-state index contributed by atoms with van der Waals surface area (Å²) >= 11 is 0. The average molecular weight is 452 g/mol. The molecule has 0 spiro atoms. The summed E-state index contributed by atoms with van der Waals surface area (Å²) in [6, 6.07) is 18.6. The van der Waals surface area contributed by atoms with Crippen molar-refractivity contribution in [3.63, 3.8) is 0 Å². The lowest BCUT2D eigenvalue weighted by atomic mass is 9.74. The van der Waals surface area contributed by atoms with E-state index >= 15 is 0 Å². The fourth-order valence-corrected chi connectivity index (χ4v) is 4.10. The van der Waals surface area contributed by atoms with Crippen LogP contribution in [0.25, 0.3) is 0 Å². The predicted molar refractivity (Wildman–Crippen MR) is 132 cm³/mol. The van der Waals surface area contributed by atoms with E-state index < -0.39 is 12.0 Å². The van der Waals surface area contributed by atoms with Gasteiger partial charge in [0.15, 0.2) is 0 Å². The minimum absolute atomic E-state index is 0.0757. The summed E-state index contributed by atoms with van der Waals surface area (Å²) in [6.45, 7) is 12.3. The Morgan fingerprint density at radius 1 is 0.818 bits per heavy atom. The van der Waals surface area contributed by atoms with Crippen molar-refractivity contribution < 1.29 is 19.1 Å². The van der Waals surface area contributed by atoms with Gasteiger partial charge in [0, 0.05) is 17.5 Å². The van der Waals surface area contributed by atoms with E-state index in [1.54, 1.807) is 0 Å². The van der Waals surface area contributed by atoms with Crippen molar-refractivity contribution in [3.05, 3.63) is 71.8 Å². The Kier molecular flexibility index (Phi) is 8.98. The molecule has 0 aliphatic rings. The Bertz CT molecular complexity index is 882. The number of esters is 2. The molecule has 1 unspecified atom stereocenters. The molecule has 0 saturated heterocycles. The number of carbonyl (C=O) groups excluding carboxylic acids is 2. The van der Waals surface area contributed by atoms with Crippen LogP contribution in [0.1, 0.15) is 65.5 Å². The summed E-state index contributed by atoms with van der Waals surface area (Å²) in [7, 11) is 1.34. The van der Waals surface area contributed by atoms with Crippen LogP contribution in [0, 0.1) is 10.8 Å². The van der Waals surface area contributed by atoms with E-state index in [0.29, 0.717) is 5.71 Å². The van der Waals surface area contributed by atoms with E-state index in [2.05, 4.69) is 41.5 Å². The van der Waals surface area contributed by atoms with Crippen LogP contribution in [-0.4, -0.2) is 36.9 Å². The molecule has 5 nitrogen and oxygen atoms in total. The van der Waals surface area contributed by atoms with E-state index in [1.165, 1.54) is 7.11 Å². The number of carbonyl (C=O) groups is 2. The third-order valence-corrected chi connectivity index (χ3v) is 5.31. The highest BCUT2D eigenvalue weighted by Gasteiger charge is 2.39. The number of nitrogens with zero attached hydrogens (tertiary/aromatic N) is 1. The van der Waals surface area contributed by atoms with Crippen LogP contribution in [-0.2, 0) is 19.1 Å². The molecular formula is C28H37NO4. The molecule has 0 radical (unpaired) electrons. The molecule has 0 aliphatic heterocycles. The van der Waals surface area contributed by atoms with Crippen LogP contribution in [0.2, 0.25) is 0 Å². The Labute approximate surface area is 198 Å². The molecule has 5 heteroatoms. The maximum absolute atomic E-state index is 13.5. The summed E-state index contributed by atoms with van der Waals surface area (Å²) in [5.41, 5.74) is 1.95. The van der Waals surface area contributed by atoms with Crippen molar-refractivity contribution >= 4 is 17.7 Å². The van der Waals surface area contributed by atoms with Gasteiger partial charge in [0.2, 0.25) is 0 Å². The van der Waals surface area contributed by atoms with Crippen LogP contribution in [0.15, 0.2) is 65.7 Å². The first kappa shape index (κ1) is 26.3. The highest BCUT2D eigenvalue weighted by molar-refractivity contribution is 6.13. The smallest absolute Gasteiger partial charge is 0.331 e. The molecule has 0 aromatic heterocycles. The number of ether oxygens (including phenoxy) is 2. The molecular weight excluding hydrogens is 414 g/mol. The zero-order chi connectivity index (χ0) is 24.6. The van der Waals surface area contributed by atoms with Crippen LogP contribution in [0.5, 0.6) is 0 Å². The van der Waals surface area contributed by atoms with Gasteiger partial charge in [-0.1, -0.05) is 102 Å². The van der Waals surface area contributed by atoms with Gasteiger partial charge >= 0.3 is 11.9 Å². The van der Waals surface area contributed by atoms with Crippen molar-refractivity contribution in [2.24, 2.45) is 15.8 Å². The minimum Gasteiger partial charge on any atom is -0.469 e. The summed E-state index contributed by atoms with van der Waals surface area (Å²) in [4.78, 5) is 30.2. The van der Waals surface area contributed by atoms with Gasteiger partial charge in [-0.15, -0.1) is 0 Å². The lowest BCUT2D eigenvalue weighted by molar-refractivity contribution is -0.165. The maximum Gasteiger partial charge on any atom is 0.331 e. The highest BCUT2D eigenvalue weighted by Crippen LogP contribution is 2.36. The van der Waals surface area contributed by atoms with E-state index in [0.717, 1.165) is 11.1 Å². The van der Waals surface area contributed by atoms with Crippen molar-refractivity contribution in [3.8, 4) is 0 Å². The highest BCUT2D eigenvalue weighted by atomic mass is 16.5. The first-order valence-corrected chi connectivity index (χ1v) is 11.4. The molecule has 0 amide bonds. The van der Waals surface area contributed by atoms with Crippen LogP contribution in [0.3, 0.4) is 0 Å². The normalized spacial score (nSPS) is 12.7. The van der Waals surface area contributed by atoms with E-state index in [4.69, 9.17) is 14.5 Å². The Morgan fingerprint density at radius 2 is 1.27 bits per heavy atom. The van der Waals surface area contributed by atoms with Crippen molar-refractivity contribution in [1.29, 1.82) is 0 Å². The van der Waals surface area contributed by atoms with Crippen LogP contribution in [0.4, 0.5) is 0 Å². The van der Waals surface area contributed by atoms with E-state index in [9.17, 15) is 9.59 Å². The number of aliphatic imine (C=N–C) groups is 1. The standard InChI is InChI=1S/C28H37NO4/c1-27(2,3)26(28(4,5)6)33-25(31)22(18-19-23(30)32-7)29-24(20-14-10-8-11-15-20)21-16-12-9-13-17-21/h8-17,22,26H,18-19H2,1-7H3. The molecule has 2 aromatic carbocycles. The second-order valence-corrected chi connectivity index (χ2v) is 10.4. The first-order valence-electron chi connectivity index (χ1n) is 11.4. The van der Waals surface area contributed by atoms with Gasteiger partial charge in [-0.3, -0.25) is 9.79 Å². The lowest BCUT2D eigenvalue weighted by Gasteiger charge is -2.40. The Balaban J connectivity index is 2.50. The summed E-state index contributed by atoms with van der Waals surface area (Å²) in [6.07, 6.45) is -0.0487. The summed E-state index contributed by atoms with van der Waals surface area (Å²) in [5.74, 6) is -0.815. The summed E-state index contributed by atoms with van der Waals surface area (Å²) in [5, 5.41) is 0. The van der Waals surface area contributed by atoms with E-state index in [1.807, 2.05) is 60.7 Å². The average Bonchev–Trinajstić information content (AvgIpc) is 2.76. The third kappa shape index (κ3) is 7.85. The van der Waals surface area contributed by atoms with Crippen molar-refractivity contribution in [1.82, 2.24) is 0 Å². The SMILES string of the molecule is COC(=O)CCC(N=C(c1ccccc1)c1ccccc1)C(=O)OC(C(C)(C)C)C(C)(C)C.